The summed E-state index contributed by atoms with van der Waals surface area (Å²) in [5, 5.41) is 8.03. The zero-order valence-electron chi connectivity index (χ0n) is 13.6. The molecule has 122 valence electrons. The predicted octanol–water partition coefficient (Wildman–Crippen LogP) is 3.83. The molecular weight excluding hydrogens is 286 g/mol. The molecule has 0 spiro atoms. The van der Waals surface area contributed by atoms with Gasteiger partial charge < -0.3 is 14.7 Å². The number of hydrogen-bond donors (Lipinski definition) is 1. The number of anilines is 1. The molecule has 1 aromatic carbocycles. The fraction of sp³-hybridized carbons (Fsp3) is 0.526. The molecule has 0 amide bonds. The van der Waals surface area contributed by atoms with Crippen LogP contribution in [-0.4, -0.2) is 24.8 Å². The molecule has 4 heteroatoms. The highest BCUT2D eigenvalue weighted by molar-refractivity contribution is 5.68. The molecule has 0 radical (unpaired) electrons. The van der Waals surface area contributed by atoms with E-state index in [0.29, 0.717) is 0 Å². The summed E-state index contributed by atoms with van der Waals surface area (Å²) in [6.07, 6.45) is 6.57. The molecule has 1 saturated carbocycles. The lowest BCUT2D eigenvalue weighted by Gasteiger charge is -2.26. The molecule has 1 aliphatic heterocycles. The van der Waals surface area contributed by atoms with Gasteiger partial charge in [-0.3, -0.25) is 0 Å². The van der Waals surface area contributed by atoms with Gasteiger partial charge in [0, 0.05) is 25.2 Å². The van der Waals surface area contributed by atoms with Crippen molar-refractivity contribution in [1.29, 1.82) is 0 Å². The van der Waals surface area contributed by atoms with Crippen molar-refractivity contribution in [2.24, 2.45) is 5.92 Å². The zero-order valence-corrected chi connectivity index (χ0v) is 13.6. The fourth-order valence-electron chi connectivity index (χ4n) is 3.35. The topological polar surface area (TPSA) is 41.3 Å². The number of aromatic nitrogens is 1. The minimum Gasteiger partial charge on any atom is -0.340 e. The van der Waals surface area contributed by atoms with E-state index in [2.05, 4.69) is 39.6 Å². The summed E-state index contributed by atoms with van der Waals surface area (Å²) in [7, 11) is 0. The van der Waals surface area contributed by atoms with Crippen molar-refractivity contribution in [3.63, 3.8) is 0 Å². The molecule has 0 bridgehead atoms. The number of nitrogens with one attached hydrogen (secondary N) is 1. The number of rotatable bonds is 6. The van der Waals surface area contributed by atoms with Crippen LogP contribution in [0.15, 0.2) is 34.9 Å². The van der Waals surface area contributed by atoms with Crippen molar-refractivity contribution in [3.05, 3.63) is 35.9 Å². The SMILES string of the molecule is c1ccc(-c2noc(N3CCCCC3)c2CNCC2CC2)cc1. The third kappa shape index (κ3) is 3.42. The summed E-state index contributed by atoms with van der Waals surface area (Å²) >= 11 is 0. The van der Waals surface area contributed by atoms with Crippen LogP contribution in [0.1, 0.15) is 37.7 Å². The van der Waals surface area contributed by atoms with Gasteiger partial charge in [-0.1, -0.05) is 35.5 Å². The molecule has 4 rings (SSSR count). The third-order valence-electron chi connectivity index (χ3n) is 4.89. The predicted molar refractivity (Wildman–Crippen MR) is 92.4 cm³/mol. The summed E-state index contributed by atoms with van der Waals surface area (Å²) in [5.74, 6) is 1.86. The van der Waals surface area contributed by atoms with Crippen LogP contribution in [0.25, 0.3) is 11.3 Å². The average Bonchev–Trinajstić information content (AvgIpc) is 3.34. The first-order chi connectivity index (χ1) is 11.4. The maximum absolute atomic E-state index is 5.80. The first-order valence-electron chi connectivity index (χ1n) is 8.91. The summed E-state index contributed by atoms with van der Waals surface area (Å²) in [5.41, 5.74) is 3.36. The van der Waals surface area contributed by atoms with E-state index in [4.69, 9.17) is 4.52 Å². The zero-order chi connectivity index (χ0) is 15.5. The second-order valence-electron chi connectivity index (χ2n) is 6.80. The van der Waals surface area contributed by atoms with E-state index < -0.39 is 0 Å². The van der Waals surface area contributed by atoms with Crippen molar-refractivity contribution >= 4 is 5.88 Å². The molecule has 1 aliphatic carbocycles. The Balaban J connectivity index is 1.60. The first kappa shape index (κ1) is 14.8. The van der Waals surface area contributed by atoms with E-state index >= 15 is 0 Å². The van der Waals surface area contributed by atoms with Crippen LogP contribution in [-0.2, 0) is 6.54 Å². The molecule has 4 nitrogen and oxygen atoms in total. The van der Waals surface area contributed by atoms with Gasteiger partial charge in [-0.25, -0.2) is 0 Å². The van der Waals surface area contributed by atoms with Gasteiger partial charge in [-0.15, -0.1) is 0 Å². The smallest absolute Gasteiger partial charge is 0.232 e. The van der Waals surface area contributed by atoms with Crippen molar-refractivity contribution in [1.82, 2.24) is 10.5 Å². The fourth-order valence-corrected chi connectivity index (χ4v) is 3.35. The molecule has 2 heterocycles. The van der Waals surface area contributed by atoms with E-state index in [1.54, 1.807) is 0 Å². The summed E-state index contributed by atoms with van der Waals surface area (Å²) in [6.45, 7) is 4.12. The van der Waals surface area contributed by atoms with Crippen LogP contribution < -0.4 is 10.2 Å². The molecule has 23 heavy (non-hydrogen) atoms. The highest BCUT2D eigenvalue weighted by Crippen LogP contribution is 2.33. The van der Waals surface area contributed by atoms with Crippen LogP contribution in [0.4, 0.5) is 5.88 Å². The molecule has 2 aliphatic rings. The molecule has 2 fully saturated rings. The quantitative estimate of drug-likeness (QED) is 0.880. The molecule has 2 aromatic rings. The molecule has 0 atom stereocenters. The van der Waals surface area contributed by atoms with Gasteiger partial charge in [0.25, 0.3) is 0 Å². The third-order valence-corrected chi connectivity index (χ3v) is 4.89. The summed E-state index contributed by atoms with van der Waals surface area (Å²) in [6, 6.07) is 10.4. The Morgan fingerprint density at radius 2 is 1.87 bits per heavy atom. The van der Waals surface area contributed by atoms with Gasteiger partial charge >= 0.3 is 0 Å². The lowest BCUT2D eigenvalue weighted by Crippen LogP contribution is -2.30. The molecule has 1 aromatic heterocycles. The lowest BCUT2D eigenvalue weighted by molar-refractivity contribution is 0.405. The van der Waals surface area contributed by atoms with Gasteiger partial charge in [0.15, 0.2) is 0 Å². The number of piperidine rings is 1. The van der Waals surface area contributed by atoms with E-state index in [9.17, 15) is 0 Å². The average molecular weight is 311 g/mol. The maximum Gasteiger partial charge on any atom is 0.232 e. The van der Waals surface area contributed by atoms with Crippen molar-refractivity contribution in [2.75, 3.05) is 24.5 Å². The Morgan fingerprint density at radius 3 is 2.61 bits per heavy atom. The molecular formula is C19H25N3O. The Hall–Kier alpha value is -1.81. The van der Waals surface area contributed by atoms with Crippen molar-refractivity contribution in [2.45, 2.75) is 38.6 Å². The summed E-state index contributed by atoms with van der Waals surface area (Å²) in [4.78, 5) is 2.37. The summed E-state index contributed by atoms with van der Waals surface area (Å²) < 4.78 is 5.80. The van der Waals surface area contributed by atoms with Gasteiger partial charge in [0.1, 0.15) is 5.69 Å². The van der Waals surface area contributed by atoms with E-state index in [-0.39, 0.29) is 0 Å². The van der Waals surface area contributed by atoms with E-state index in [0.717, 1.165) is 49.2 Å². The Morgan fingerprint density at radius 1 is 1.09 bits per heavy atom. The van der Waals surface area contributed by atoms with Crippen LogP contribution in [0, 0.1) is 5.92 Å². The van der Waals surface area contributed by atoms with Gasteiger partial charge in [0.2, 0.25) is 5.88 Å². The normalized spacial score (nSPS) is 18.3. The Labute approximate surface area is 137 Å². The second kappa shape index (κ2) is 6.75. The number of hydrogen-bond acceptors (Lipinski definition) is 4. The van der Waals surface area contributed by atoms with E-state index in [1.165, 1.54) is 37.7 Å². The largest absolute Gasteiger partial charge is 0.340 e. The van der Waals surface area contributed by atoms with Gasteiger partial charge in [-0.2, -0.15) is 0 Å². The van der Waals surface area contributed by atoms with Crippen LogP contribution in [0.5, 0.6) is 0 Å². The van der Waals surface area contributed by atoms with Crippen molar-refractivity contribution < 1.29 is 4.52 Å². The van der Waals surface area contributed by atoms with Crippen LogP contribution >= 0.6 is 0 Å². The Kier molecular flexibility index (Phi) is 4.33. The minimum atomic E-state index is 0.843. The van der Waals surface area contributed by atoms with Gasteiger partial charge in [-0.05, 0) is 44.6 Å². The monoisotopic (exact) mass is 311 g/mol. The number of nitrogens with zero attached hydrogens (tertiary/aromatic N) is 2. The van der Waals surface area contributed by atoms with Crippen LogP contribution in [0.2, 0.25) is 0 Å². The molecule has 1 N–H and O–H groups in total. The highest BCUT2D eigenvalue weighted by atomic mass is 16.5. The van der Waals surface area contributed by atoms with Gasteiger partial charge in [0.05, 0.1) is 5.56 Å². The van der Waals surface area contributed by atoms with Crippen LogP contribution in [0.3, 0.4) is 0 Å². The second-order valence-corrected chi connectivity index (χ2v) is 6.80. The highest BCUT2D eigenvalue weighted by Gasteiger charge is 2.25. The Bertz CT molecular complexity index is 627. The minimum absolute atomic E-state index is 0.843. The lowest BCUT2D eigenvalue weighted by atomic mass is 10.1. The molecule has 0 unspecified atom stereocenters. The van der Waals surface area contributed by atoms with E-state index in [1.807, 2.05) is 6.07 Å². The van der Waals surface area contributed by atoms with Crippen molar-refractivity contribution in [3.8, 4) is 11.3 Å². The number of benzene rings is 1. The molecule has 1 saturated heterocycles. The first-order valence-corrected chi connectivity index (χ1v) is 8.91. The maximum atomic E-state index is 5.80. The standard InChI is InChI=1S/C19H25N3O/c1-3-7-16(8-4-1)18-17(14-20-13-15-9-10-15)19(23-21-18)22-11-5-2-6-12-22/h1,3-4,7-8,15,20H,2,5-6,9-14H2.